The lowest BCUT2D eigenvalue weighted by Crippen LogP contribution is -2.08. The molecule has 0 aromatic heterocycles. The van der Waals surface area contributed by atoms with E-state index in [0.29, 0.717) is 11.3 Å². The second-order valence-electron chi connectivity index (χ2n) is 4.19. The number of non-ortho nitro benzene ring substituents is 1. The van der Waals surface area contributed by atoms with Crippen LogP contribution in [0.25, 0.3) is 6.08 Å². The van der Waals surface area contributed by atoms with Crippen molar-refractivity contribution in [3.8, 4) is 0 Å². The number of rotatable bonds is 5. The number of carbonyl (C=O) groups excluding carboxylic acids is 1. The van der Waals surface area contributed by atoms with Gasteiger partial charge in [-0.15, -0.1) is 0 Å². The van der Waals surface area contributed by atoms with Crippen LogP contribution in [0.2, 0.25) is 0 Å². The minimum absolute atomic E-state index is 0.0409. The average Bonchev–Trinajstić information content (AvgIpc) is 2.73. The number of benzene rings is 1. The number of hydrogen-bond acceptors (Lipinski definition) is 5. The summed E-state index contributed by atoms with van der Waals surface area (Å²) in [6.45, 7) is 1.98. The van der Waals surface area contributed by atoms with Crippen molar-refractivity contribution >= 4 is 17.7 Å². The lowest BCUT2D eigenvalue weighted by atomic mass is 10.2. The molecule has 0 saturated heterocycles. The Balaban J connectivity index is 1.91. The van der Waals surface area contributed by atoms with Gasteiger partial charge in [0.2, 0.25) is 0 Å². The molecule has 1 atom stereocenters. The molecule has 6 nitrogen and oxygen atoms in total. The Morgan fingerprint density at radius 1 is 1.50 bits per heavy atom. The summed E-state index contributed by atoms with van der Waals surface area (Å²) in [5.41, 5.74) is 0.753. The van der Waals surface area contributed by atoms with Gasteiger partial charge in [0, 0.05) is 12.1 Å². The van der Waals surface area contributed by atoms with E-state index < -0.39 is 10.9 Å². The second kappa shape index (κ2) is 6.01. The first-order chi connectivity index (χ1) is 9.56. The van der Waals surface area contributed by atoms with Gasteiger partial charge in [0.25, 0.3) is 5.69 Å². The molecule has 0 unspecified atom stereocenters. The van der Waals surface area contributed by atoms with Crippen molar-refractivity contribution in [2.75, 3.05) is 6.61 Å². The Hall–Kier alpha value is -2.63. The van der Waals surface area contributed by atoms with Crippen LogP contribution in [0.4, 0.5) is 5.69 Å². The zero-order valence-electron chi connectivity index (χ0n) is 10.8. The maximum Gasteiger partial charge on any atom is 0.335 e. The molecular weight excluding hydrogens is 262 g/mol. The molecule has 0 aliphatic carbocycles. The van der Waals surface area contributed by atoms with Crippen LogP contribution in [0.5, 0.6) is 0 Å². The van der Waals surface area contributed by atoms with Crippen molar-refractivity contribution in [1.29, 1.82) is 0 Å². The van der Waals surface area contributed by atoms with Gasteiger partial charge in [0.05, 0.1) is 11.0 Å². The highest BCUT2D eigenvalue weighted by Crippen LogP contribution is 2.17. The zero-order valence-corrected chi connectivity index (χ0v) is 10.8. The molecule has 20 heavy (non-hydrogen) atoms. The lowest BCUT2D eigenvalue weighted by molar-refractivity contribution is -0.384. The number of ether oxygens (including phenoxy) is 2. The van der Waals surface area contributed by atoms with Gasteiger partial charge >= 0.3 is 5.97 Å². The first kappa shape index (κ1) is 13.8. The van der Waals surface area contributed by atoms with Gasteiger partial charge in [0.1, 0.15) is 12.4 Å². The van der Waals surface area contributed by atoms with Crippen LogP contribution in [0, 0.1) is 10.1 Å². The van der Waals surface area contributed by atoms with Crippen molar-refractivity contribution in [3.05, 3.63) is 57.9 Å². The summed E-state index contributed by atoms with van der Waals surface area (Å²) in [4.78, 5) is 21.1. The van der Waals surface area contributed by atoms with Crippen LogP contribution < -0.4 is 0 Å². The summed E-state index contributed by atoms with van der Waals surface area (Å²) in [6, 6.07) is 6.28. The average molecular weight is 275 g/mol. The largest absolute Gasteiger partial charge is 0.490 e. The molecule has 0 bridgehead atoms. The number of nitro groups is 1. The standard InChI is InChI=1S/C14H13NO5/c1-10-13(9-14(16)20-10)19-7-3-5-11-4-2-6-12(8-11)15(17)18/h2-6,8-10H,7H2,1H3/b5-3+/t10-/m0/s1. The second-order valence-corrected chi connectivity index (χ2v) is 4.19. The number of carbonyl (C=O) groups is 1. The van der Waals surface area contributed by atoms with Crippen LogP contribution in [-0.4, -0.2) is 23.6 Å². The third-order valence-corrected chi connectivity index (χ3v) is 2.69. The van der Waals surface area contributed by atoms with E-state index in [9.17, 15) is 14.9 Å². The predicted octanol–water partition coefficient (Wildman–Crippen LogP) is 2.45. The molecule has 104 valence electrons. The summed E-state index contributed by atoms with van der Waals surface area (Å²) in [5.74, 6) is 0.0776. The van der Waals surface area contributed by atoms with E-state index >= 15 is 0 Å². The van der Waals surface area contributed by atoms with E-state index in [0.717, 1.165) is 0 Å². The molecule has 0 spiro atoms. The van der Waals surface area contributed by atoms with E-state index in [1.54, 1.807) is 31.2 Å². The highest BCUT2D eigenvalue weighted by Gasteiger charge is 2.22. The van der Waals surface area contributed by atoms with Gasteiger partial charge in [-0.25, -0.2) is 4.79 Å². The fourth-order valence-electron chi connectivity index (χ4n) is 1.73. The quantitative estimate of drug-likeness (QED) is 0.468. The van der Waals surface area contributed by atoms with Gasteiger partial charge in [0.15, 0.2) is 6.10 Å². The third kappa shape index (κ3) is 3.44. The van der Waals surface area contributed by atoms with Crippen molar-refractivity contribution < 1.29 is 19.2 Å². The van der Waals surface area contributed by atoms with Gasteiger partial charge in [-0.2, -0.15) is 0 Å². The Kier molecular flexibility index (Phi) is 4.14. The summed E-state index contributed by atoms with van der Waals surface area (Å²) in [6.07, 6.45) is 4.38. The number of hydrogen-bond donors (Lipinski definition) is 0. The predicted molar refractivity (Wildman–Crippen MR) is 71.7 cm³/mol. The van der Waals surface area contributed by atoms with Crippen LogP contribution in [-0.2, 0) is 14.3 Å². The van der Waals surface area contributed by atoms with Gasteiger partial charge in [-0.05, 0) is 18.6 Å². The molecule has 0 fully saturated rings. The summed E-state index contributed by atoms with van der Waals surface area (Å²) in [7, 11) is 0. The van der Waals surface area contributed by atoms with E-state index in [2.05, 4.69) is 0 Å². The van der Waals surface area contributed by atoms with Crippen molar-refractivity contribution in [1.82, 2.24) is 0 Å². The Labute approximate surface area is 115 Å². The fourth-order valence-corrected chi connectivity index (χ4v) is 1.73. The minimum Gasteiger partial charge on any atom is -0.490 e. The molecule has 0 amide bonds. The topological polar surface area (TPSA) is 78.7 Å². The maximum atomic E-state index is 11.0. The van der Waals surface area contributed by atoms with Crippen LogP contribution >= 0.6 is 0 Å². The van der Waals surface area contributed by atoms with Crippen molar-refractivity contribution in [2.24, 2.45) is 0 Å². The first-order valence-electron chi connectivity index (χ1n) is 6.02. The van der Waals surface area contributed by atoms with Gasteiger partial charge in [-0.3, -0.25) is 10.1 Å². The van der Waals surface area contributed by atoms with Crippen LogP contribution in [0.3, 0.4) is 0 Å². The molecule has 1 heterocycles. The van der Waals surface area contributed by atoms with Crippen LogP contribution in [0.15, 0.2) is 42.2 Å². The summed E-state index contributed by atoms with van der Waals surface area (Å²) in [5, 5.41) is 10.6. The molecule has 1 aliphatic rings. The van der Waals surface area contributed by atoms with Crippen molar-refractivity contribution in [2.45, 2.75) is 13.0 Å². The Bertz CT molecular complexity index is 591. The molecule has 6 heteroatoms. The lowest BCUT2D eigenvalue weighted by Gasteiger charge is -2.08. The molecule has 1 aliphatic heterocycles. The number of cyclic esters (lactones) is 1. The van der Waals surface area contributed by atoms with E-state index in [-0.39, 0.29) is 18.4 Å². The van der Waals surface area contributed by atoms with E-state index in [1.165, 1.54) is 18.2 Å². The molecule has 0 radical (unpaired) electrons. The number of nitro benzene ring substituents is 1. The maximum absolute atomic E-state index is 11.0. The smallest absolute Gasteiger partial charge is 0.335 e. The molecule has 1 aromatic rings. The molecular formula is C14H13NO5. The molecule has 1 aromatic carbocycles. The van der Waals surface area contributed by atoms with Crippen LogP contribution in [0.1, 0.15) is 12.5 Å². The molecule has 0 N–H and O–H groups in total. The molecule has 0 saturated carbocycles. The van der Waals surface area contributed by atoms with Crippen molar-refractivity contribution in [3.63, 3.8) is 0 Å². The Morgan fingerprint density at radius 2 is 2.30 bits per heavy atom. The van der Waals surface area contributed by atoms with E-state index in [4.69, 9.17) is 9.47 Å². The molecule has 2 rings (SSSR count). The SMILES string of the molecule is C[C@@H]1OC(=O)C=C1OC/C=C/c1cccc([N+](=O)[O-])c1. The van der Waals surface area contributed by atoms with Gasteiger partial charge < -0.3 is 9.47 Å². The third-order valence-electron chi connectivity index (χ3n) is 2.69. The minimum atomic E-state index is -0.443. The Morgan fingerprint density at radius 3 is 2.95 bits per heavy atom. The first-order valence-corrected chi connectivity index (χ1v) is 6.02. The fraction of sp³-hybridized carbons (Fsp3) is 0.214. The monoisotopic (exact) mass is 275 g/mol. The van der Waals surface area contributed by atoms with Gasteiger partial charge in [-0.1, -0.05) is 18.2 Å². The summed E-state index contributed by atoms with van der Waals surface area (Å²) < 4.78 is 10.3. The highest BCUT2D eigenvalue weighted by atomic mass is 16.6. The highest BCUT2D eigenvalue weighted by molar-refractivity contribution is 5.85. The normalized spacial score (nSPS) is 17.9. The summed E-state index contributed by atoms with van der Waals surface area (Å²) >= 11 is 0. The zero-order chi connectivity index (χ0) is 14.5. The number of nitrogens with zero attached hydrogens (tertiary/aromatic N) is 1. The number of esters is 1. The van der Waals surface area contributed by atoms with E-state index in [1.807, 2.05) is 0 Å².